The molecular formula is C14H24O2S. The van der Waals surface area contributed by atoms with E-state index in [-0.39, 0.29) is 4.75 Å². The number of carbonyl (C=O) groups is 1. The Kier molecular flexibility index (Phi) is 3.26. The molecule has 17 heavy (non-hydrogen) atoms. The summed E-state index contributed by atoms with van der Waals surface area (Å²) in [5, 5.41) is 9.54. The lowest BCUT2D eigenvalue weighted by atomic mass is 9.55. The number of rotatable bonds is 2. The van der Waals surface area contributed by atoms with E-state index in [1.54, 1.807) is 11.8 Å². The Balaban J connectivity index is 2.06. The van der Waals surface area contributed by atoms with Crippen LogP contribution in [-0.4, -0.2) is 20.6 Å². The molecule has 0 unspecified atom stereocenters. The molecule has 0 atom stereocenters. The molecule has 0 aliphatic heterocycles. The first-order chi connectivity index (χ1) is 7.77. The molecule has 0 aromatic carbocycles. The maximum absolute atomic E-state index is 11.6. The maximum atomic E-state index is 11.6. The number of aliphatic carboxylic acids is 1. The molecule has 0 aromatic rings. The average Bonchev–Trinajstić information content (AvgIpc) is 2.13. The SMILES string of the molecule is CC(C)(C)SC1(C(=O)O)CC2(CCCCC2)C1. The van der Waals surface area contributed by atoms with Crippen molar-refractivity contribution in [3.8, 4) is 0 Å². The van der Waals surface area contributed by atoms with Crippen LogP contribution in [0.5, 0.6) is 0 Å². The second-order valence-corrected chi connectivity index (χ2v) is 9.14. The van der Waals surface area contributed by atoms with Gasteiger partial charge in [-0.05, 0) is 31.1 Å². The summed E-state index contributed by atoms with van der Waals surface area (Å²) in [4.78, 5) is 11.6. The lowest BCUT2D eigenvalue weighted by molar-refractivity contribution is -0.147. The summed E-state index contributed by atoms with van der Waals surface area (Å²) in [7, 11) is 0. The summed E-state index contributed by atoms with van der Waals surface area (Å²) in [6.45, 7) is 6.36. The van der Waals surface area contributed by atoms with Crippen molar-refractivity contribution in [3.05, 3.63) is 0 Å². The van der Waals surface area contributed by atoms with E-state index in [1.165, 1.54) is 32.1 Å². The second-order valence-electron chi connectivity index (χ2n) is 6.93. The minimum Gasteiger partial charge on any atom is -0.480 e. The third-order valence-corrected chi connectivity index (χ3v) is 5.59. The molecule has 2 saturated carbocycles. The molecule has 0 radical (unpaired) electrons. The van der Waals surface area contributed by atoms with E-state index in [0.717, 1.165) is 12.8 Å². The third kappa shape index (κ3) is 2.64. The van der Waals surface area contributed by atoms with Crippen LogP contribution >= 0.6 is 11.8 Å². The van der Waals surface area contributed by atoms with Gasteiger partial charge >= 0.3 is 5.97 Å². The largest absolute Gasteiger partial charge is 0.480 e. The molecule has 2 aliphatic rings. The van der Waals surface area contributed by atoms with Gasteiger partial charge in [0, 0.05) is 4.75 Å². The van der Waals surface area contributed by atoms with E-state index >= 15 is 0 Å². The fourth-order valence-electron chi connectivity index (χ4n) is 3.67. The number of thioether (sulfide) groups is 1. The summed E-state index contributed by atoms with van der Waals surface area (Å²) in [5.74, 6) is -0.589. The smallest absolute Gasteiger partial charge is 0.319 e. The number of carboxylic acids is 1. The van der Waals surface area contributed by atoms with Gasteiger partial charge in [0.2, 0.25) is 0 Å². The predicted molar refractivity (Wildman–Crippen MR) is 72.5 cm³/mol. The summed E-state index contributed by atoms with van der Waals surface area (Å²) in [6, 6.07) is 0. The van der Waals surface area contributed by atoms with Crippen molar-refractivity contribution in [2.75, 3.05) is 0 Å². The third-order valence-electron chi connectivity index (χ3n) is 4.13. The van der Waals surface area contributed by atoms with Gasteiger partial charge in [-0.25, -0.2) is 0 Å². The normalized spacial score (nSPS) is 26.5. The molecule has 0 bridgehead atoms. The Labute approximate surface area is 109 Å². The molecule has 0 saturated heterocycles. The average molecular weight is 256 g/mol. The second kappa shape index (κ2) is 4.18. The van der Waals surface area contributed by atoms with Crippen molar-refractivity contribution in [3.63, 3.8) is 0 Å². The van der Waals surface area contributed by atoms with E-state index in [0.29, 0.717) is 5.41 Å². The van der Waals surface area contributed by atoms with Crippen LogP contribution in [0, 0.1) is 5.41 Å². The fraction of sp³-hybridized carbons (Fsp3) is 0.929. The van der Waals surface area contributed by atoms with Gasteiger partial charge in [0.05, 0.1) is 0 Å². The standard InChI is InChI=1S/C14H24O2S/c1-12(2,3)17-14(11(15)16)9-13(10-14)7-5-4-6-8-13/h4-10H2,1-3H3,(H,15,16). The van der Waals surface area contributed by atoms with Gasteiger partial charge in [0.1, 0.15) is 4.75 Å². The van der Waals surface area contributed by atoms with Crippen LogP contribution in [0.15, 0.2) is 0 Å². The van der Waals surface area contributed by atoms with Crippen molar-refractivity contribution in [2.45, 2.75) is 75.2 Å². The molecule has 2 aliphatic carbocycles. The monoisotopic (exact) mass is 256 g/mol. The first-order valence-electron chi connectivity index (χ1n) is 6.71. The zero-order valence-electron chi connectivity index (χ0n) is 11.2. The molecule has 2 rings (SSSR count). The highest BCUT2D eigenvalue weighted by Crippen LogP contribution is 2.63. The topological polar surface area (TPSA) is 37.3 Å². The van der Waals surface area contributed by atoms with E-state index in [9.17, 15) is 9.90 Å². The van der Waals surface area contributed by atoms with E-state index < -0.39 is 10.7 Å². The fourth-order valence-corrected chi connectivity index (χ4v) is 5.68. The molecule has 2 nitrogen and oxygen atoms in total. The van der Waals surface area contributed by atoms with Crippen molar-refractivity contribution < 1.29 is 9.90 Å². The van der Waals surface area contributed by atoms with Crippen LogP contribution in [0.4, 0.5) is 0 Å². The Bertz CT molecular complexity index is 303. The highest BCUT2D eigenvalue weighted by atomic mass is 32.2. The minimum absolute atomic E-state index is 0.0364. The van der Waals surface area contributed by atoms with Crippen molar-refractivity contribution >= 4 is 17.7 Å². The van der Waals surface area contributed by atoms with Crippen LogP contribution < -0.4 is 0 Å². The summed E-state index contributed by atoms with van der Waals surface area (Å²) >= 11 is 1.67. The number of hydrogen-bond donors (Lipinski definition) is 1. The van der Waals surface area contributed by atoms with Crippen molar-refractivity contribution in [1.82, 2.24) is 0 Å². The van der Waals surface area contributed by atoms with Crippen LogP contribution in [0.2, 0.25) is 0 Å². The Morgan fingerprint density at radius 3 is 2.06 bits per heavy atom. The first-order valence-corrected chi connectivity index (χ1v) is 7.52. The zero-order chi connectivity index (χ0) is 12.7. The zero-order valence-corrected chi connectivity index (χ0v) is 12.0. The summed E-state index contributed by atoms with van der Waals surface area (Å²) in [6.07, 6.45) is 8.26. The van der Waals surface area contributed by atoms with Gasteiger partial charge in [-0.2, -0.15) is 0 Å². The Morgan fingerprint density at radius 2 is 1.65 bits per heavy atom. The number of hydrogen-bond acceptors (Lipinski definition) is 2. The van der Waals surface area contributed by atoms with Gasteiger partial charge in [0.15, 0.2) is 0 Å². The molecule has 2 fully saturated rings. The quantitative estimate of drug-likeness (QED) is 0.808. The van der Waals surface area contributed by atoms with Crippen molar-refractivity contribution in [1.29, 1.82) is 0 Å². The predicted octanol–water partition coefficient (Wildman–Crippen LogP) is 4.09. The van der Waals surface area contributed by atoms with Gasteiger partial charge in [0.25, 0.3) is 0 Å². The molecule has 98 valence electrons. The van der Waals surface area contributed by atoms with Gasteiger partial charge in [-0.15, -0.1) is 11.8 Å². The molecule has 0 heterocycles. The van der Waals surface area contributed by atoms with Gasteiger partial charge < -0.3 is 5.11 Å². The van der Waals surface area contributed by atoms with Crippen LogP contribution in [0.3, 0.4) is 0 Å². The highest BCUT2D eigenvalue weighted by molar-refractivity contribution is 8.02. The lowest BCUT2D eigenvalue weighted by Crippen LogP contribution is -2.56. The van der Waals surface area contributed by atoms with Crippen molar-refractivity contribution in [2.24, 2.45) is 5.41 Å². The minimum atomic E-state index is -0.589. The van der Waals surface area contributed by atoms with Crippen LogP contribution in [0.1, 0.15) is 65.7 Å². The van der Waals surface area contributed by atoms with Gasteiger partial charge in [-0.1, -0.05) is 40.0 Å². The maximum Gasteiger partial charge on any atom is 0.319 e. The molecular weight excluding hydrogens is 232 g/mol. The summed E-state index contributed by atoms with van der Waals surface area (Å²) < 4.78 is -0.454. The molecule has 1 spiro atoms. The van der Waals surface area contributed by atoms with Crippen LogP contribution in [-0.2, 0) is 4.79 Å². The van der Waals surface area contributed by atoms with E-state index in [4.69, 9.17) is 0 Å². The van der Waals surface area contributed by atoms with Gasteiger partial charge in [-0.3, -0.25) is 4.79 Å². The highest BCUT2D eigenvalue weighted by Gasteiger charge is 2.60. The molecule has 1 N–H and O–H groups in total. The summed E-state index contributed by atoms with van der Waals surface area (Å²) in [5.41, 5.74) is 0.384. The van der Waals surface area contributed by atoms with E-state index in [2.05, 4.69) is 20.8 Å². The van der Waals surface area contributed by atoms with Crippen LogP contribution in [0.25, 0.3) is 0 Å². The lowest BCUT2D eigenvalue weighted by Gasteiger charge is -2.57. The first kappa shape index (κ1) is 13.3. The van der Waals surface area contributed by atoms with E-state index in [1.807, 2.05) is 0 Å². The Hall–Kier alpha value is -0.180. The number of carboxylic acid groups (broad SMARTS) is 1. The molecule has 0 aromatic heterocycles. The molecule has 0 amide bonds. The molecule has 3 heteroatoms. The Morgan fingerprint density at radius 1 is 1.12 bits per heavy atom.